The summed E-state index contributed by atoms with van der Waals surface area (Å²) in [6, 6.07) is 7.44. The highest BCUT2D eigenvalue weighted by Gasteiger charge is 2.64. The van der Waals surface area contributed by atoms with Crippen LogP contribution in [0.15, 0.2) is 39.9 Å². The van der Waals surface area contributed by atoms with Crippen molar-refractivity contribution < 1.29 is 37.1 Å². The summed E-state index contributed by atoms with van der Waals surface area (Å²) in [5.41, 5.74) is 4.65. The van der Waals surface area contributed by atoms with Crippen molar-refractivity contribution in [2.45, 2.75) is 43.5 Å². The predicted octanol–water partition coefficient (Wildman–Crippen LogP) is 2.96. The number of ether oxygens (including phenoxy) is 3. The van der Waals surface area contributed by atoms with Gasteiger partial charge in [-0.2, -0.15) is 4.98 Å². The maximum atomic E-state index is 13.3. The summed E-state index contributed by atoms with van der Waals surface area (Å²) in [5, 5.41) is 0. The fraction of sp³-hybridized carbons (Fsp3) is 0.429. The van der Waals surface area contributed by atoms with Crippen molar-refractivity contribution in [2.24, 2.45) is 0 Å². The third kappa shape index (κ3) is 4.25. The predicted molar refractivity (Wildman–Crippen MR) is 128 cm³/mol. The third-order valence-corrected chi connectivity index (χ3v) is 8.41. The van der Waals surface area contributed by atoms with Crippen molar-refractivity contribution in [3.8, 4) is 0 Å². The lowest BCUT2D eigenvalue weighted by molar-refractivity contribution is -0.0924. The molecule has 6 atom stereocenters. The number of hydrogen-bond acceptors (Lipinski definition) is 12. The van der Waals surface area contributed by atoms with Gasteiger partial charge in [-0.3, -0.25) is 27.9 Å². The quantitative estimate of drug-likeness (QED) is 0.325. The molecule has 2 aromatic heterocycles. The van der Waals surface area contributed by atoms with Crippen LogP contribution in [0.5, 0.6) is 0 Å². The van der Waals surface area contributed by atoms with Crippen LogP contribution in [0.4, 0.5) is 10.7 Å². The number of nitrogens with zero attached hydrogens (tertiary/aromatic N) is 3. The first-order chi connectivity index (χ1) is 17.6. The van der Waals surface area contributed by atoms with Crippen LogP contribution in [-0.2, 0) is 32.3 Å². The minimum Gasteiger partial charge on any atom is -0.424 e. The molecule has 3 aromatic rings. The molecule has 0 spiro atoms. The van der Waals surface area contributed by atoms with Crippen LogP contribution in [0.3, 0.4) is 0 Å². The molecule has 1 aromatic carbocycles. The zero-order valence-electron chi connectivity index (χ0n) is 19.2. The van der Waals surface area contributed by atoms with E-state index in [-0.39, 0.29) is 30.3 Å². The standard InChI is InChI=1S/C21H21BrN5O9P/c1-21-15(34-20(29)35-21)13(33-18(21)27-9-24-16-14(27)17(28)26-19(23)25-16)8-32-37(30)31-6-5-12(36-37)10-3-2-4-11(22)7-10/h2-4,7,9,12-13,15,18H,5-6,8H2,1H3,(H3,23,25,26,28)/t12-,13+,15+,18+,21+,37+/m0/s1. The summed E-state index contributed by atoms with van der Waals surface area (Å²) in [7, 11) is -3.98. The Morgan fingerprint density at radius 2 is 2.22 bits per heavy atom. The van der Waals surface area contributed by atoms with Crippen molar-refractivity contribution in [2.75, 3.05) is 18.9 Å². The highest BCUT2D eigenvalue weighted by Crippen LogP contribution is 2.58. The van der Waals surface area contributed by atoms with Crippen molar-refractivity contribution in [1.82, 2.24) is 19.5 Å². The average molecular weight is 598 g/mol. The van der Waals surface area contributed by atoms with Gasteiger partial charge in [0, 0.05) is 10.9 Å². The van der Waals surface area contributed by atoms with Gasteiger partial charge in [-0.15, -0.1) is 0 Å². The zero-order chi connectivity index (χ0) is 25.9. The van der Waals surface area contributed by atoms with Gasteiger partial charge >= 0.3 is 14.0 Å². The number of carbonyl (C=O) groups is 1. The normalized spacial score (nSPS) is 33.3. The molecule has 3 saturated heterocycles. The number of phosphoric acid groups is 1. The lowest BCUT2D eigenvalue weighted by Crippen LogP contribution is -2.42. The smallest absolute Gasteiger partial charge is 0.424 e. The molecule has 0 aliphatic carbocycles. The highest BCUT2D eigenvalue weighted by atomic mass is 79.9. The second-order valence-electron chi connectivity index (χ2n) is 8.89. The van der Waals surface area contributed by atoms with Crippen molar-refractivity contribution >= 4 is 47.0 Å². The Balaban J connectivity index is 1.24. The van der Waals surface area contributed by atoms with E-state index in [2.05, 4.69) is 30.9 Å². The van der Waals surface area contributed by atoms with Gasteiger partial charge < -0.3 is 19.9 Å². The number of carbonyl (C=O) groups excluding carboxylic acids is 1. The molecule has 3 fully saturated rings. The number of anilines is 1. The second kappa shape index (κ2) is 8.89. The Bertz CT molecular complexity index is 1500. The topological polar surface area (TPSA) is 179 Å². The SMILES string of the molecule is C[C@@]12OC(=O)O[C@@H]1[C@@H](CO[P@@]1(=O)OCC[C@@H](c3cccc(Br)c3)O1)O[C@H]2n1cnc2nc(N)[nH]c(=O)c21. The Hall–Kier alpha value is -2.81. The van der Waals surface area contributed by atoms with E-state index in [0.717, 1.165) is 10.0 Å². The van der Waals surface area contributed by atoms with E-state index in [4.69, 9.17) is 33.5 Å². The number of aromatic nitrogens is 4. The van der Waals surface area contributed by atoms with E-state index in [9.17, 15) is 14.2 Å². The number of fused-ring (bicyclic) bond motifs is 2. The largest absolute Gasteiger partial charge is 0.509 e. The molecule has 14 nitrogen and oxygen atoms in total. The number of nitrogens with two attached hydrogens (primary N) is 1. The summed E-state index contributed by atoms with van der Waals surface area (Å²) in [5.74, 6) is -0.0977. The van der Waals surface area contributed by atoms with Crippen LogP contribution < -0.4 is 11.3 Å². The minimum atomic E-state index is -3.98. The van der Waals surface area contributed by atoms with Gasteiger partial charge in [-0.1, -0.05) is 28.1 Å². The number of H-pyrrole nitrogens is 1. The van der Waals surface area contributed by atoms with Gasteiger partial charge in [0.15, 0.2) is 29.1 Å². The molecule has 6 rings (SSSR count). The Morgan fingerprint density at radius 1 is 1.38 bits per heavy atom. The van der Waals surface area contributed by atoms with E-state index in [1.54, 1.807) is 6.92 Å². The number of nitrogens with one attached hydrogen (secondary N) is 1. The number of halogens is 1. The Labute approximate surface area is 217 Å². The first kappa shape index (κ1) is 24.5. The number of benzene rings is 1. The molecule has 0 radical (unpaired) electrons. The summed E-state index contributed by atoms with van der Waals surface area (Å²) in [4.78, 5) is 35.3. The van der Waals surface area contributed by atoms with Crippen LogP contribution in [0.2, 0.25) is 0 Å². The van der Waals surface area contributed by atoms with Crippen LogP contribution in [0.1, 0.15) is 31.2 Å². The Morgan fingerprint density at radius 3 is 3.03 bits per heavy atom. The average Bonchev–Trinajstić information content (AvgIpc) is 3.47. The first-order valence-corrected chi connectivity index (χ1v) is 13.5. The molecular weight excluding hydrogens is 577 g/mol. The molecule has 0 amide bonds. The minimum absolute atomic E-state index is 0.0623. The molecule has 3 N–H and O–H groups in total. The lowest BCUT2D eigenvalue weighted by Gasteiger charge is -2.30. The summed E-state index contributed by atoms with van der Waals surface area (Å²) in [6.07, 6.45) is -2.55. The van der Waals surface area contributed by atoms with Crippen LogP contribution in [0, 0.1) is 0 Å². The molecule has 196 valence electrons. The highest BCUT2D eigenvalue weighted by molar-refractivity contribution is 9.10. The molecule has 0 bridgehead atoms. The van der Waals surface area contributed by atoms with Gasteiger partial charge in [0.1, 0.15) is 12.4 Å². The van der Waals surface area contributed by atoms with Gasteiger partial charge in [0.2, 0.25) is 5.95 Å². The van der Waals surface area contributed by atoms with E-state index >= 15 is 0 Å². The van der Waals surface area contributed by atoms with E-state index < -0.39 is 49.7 Å². The Kier molecular flexibility index (Phi) is 5.89. The number of phosphoric ester groups is 1. The lowest BCUT2D eigenvalue weighted by atomic mass is 9.96. The van der Waals surface area contributed by atoms with E-state index in [1.165, 1.54) is 10.9 Å². The summed E-state index contributed by atoms with van der Waals surface area (Å²) in [6.45, 7) is 1.43. The fourth-order valence-electron chi connectivity index (χ4n) is 4.78. The van der Waals surface area contributed by atoms with Gasteiger partial charge in [0.25, 0.3) is 5.56 Å². The number of imidazole rings is 1. The molecule has 3 aliphatic heterocycles. The molecule has 37 heavy (non-hydrogen) atoms. The monoisotopic (exact) mass is 597 g/mol. The van der Waals surface area contributed by atoms with Gasteiger partial charge in [0.05, 0.1) is 19.3 Å². The maximum absolute atomic E-state index is 13.3. The number of rotatable bonds is 5. The van der Waals surface area contributed by atoms with E-state index in [1.807, 2.05) is 24.3 Å². The number of hydrogen-bond donors (Lipinski definition) is 2. The fourth-order valence-corrected chi connectivity index (χ4v) is 6.59. The van der Waals surface area contributed by atoms with Crippen LogP contribution in [0.25, 0.3) is 11.2 Å². The van der Waals surface area contributed by atoms with Crippen molar-refractivity contribution in [1.29, 1.82) is 0 Å². The van der Waals surface area contributed by atoms with Gasteiger partial charge in [-0.25, -0.2) is 14.3 Å². The summed E-state index contributed by atoms with van der Waals surface area (Å²) < 4.78 is 49.2. The van der Waals surface area contributed by atoms with E-state index in [0.29, 0.717) is 6.42 Å². The number of nitrogen functional groups attached to an aromatic ring is 1. The first-order valence-electron chi connectivity index (χ1n) is 11.3. The van der Waals surface area contributed by atoms with Crippen LogP contribution >= 0.6 is 23.8 Å². The zero-order valence-corrected chi connectivity index (χ0v) is 21.7. The molecule has 3 aliphatic rings. The molecule has 0 saturated carbocycles. The summed E-state index contributed by atoms with van der Waals surface area (Å²) >= 11 is 3.42. The third-order valence-electron chi connectivity index (χ3n) is 6.44. The molecular formula is C21H21BrN5O9P. The molecule has 0 unspecified atom stereocenters. The maximum Gasteiger partial charge on any atom is 0.509 e. The molecule has 16 heteroatoms. The second-order valence-corrected chi connectivity index (χ2v) is 11.4. The molecule has 5 heterocycles. The van der Waals surface area contributed by atoms with Crippen LogP contribution in [-0.4, -0.2) is 56.7 Å². The number of aromatic amines is 1. The van der Waals surface area contributed by atoms with Crippen molar-refractivity contribution in [3.63, 3.8) is 0 Å². The van der Waals surface area contributed by atoms with Gasteiger partial charge in [-0.05, 0) is 24.6 Å². The van der Waals surface area contributed by atoms with Crippen molar-refractivity contribution in [3.05, 3.63) is 51.0 Å².